The van der Waals surface area contributed by atoms with E-state index in [1.54, 1.807) is 7.11 Å². The molecular formula is C16H29N7O. The molecule has 1 fully saturated rings. The number of aryl methyl sites for hydroxylation is 1. The molecule has 0 aliphatic carbocycles. The largest absolute Gasteiger partial charge is 0.377 e. The first-order chi connectivity index (χ1) is 11.7. The Morgan fingerprint density at radius 3 is 2.96 bits per heavy atom. The summed E-state index contributed by atoms with van der Waals surface area (Å²) in [6.07, 6.45) is 3.23. The van der Waals surface area contributed by atoms with Crippen LogP contribution in [-0.4, -0.2) is 72.5 Å². The highest BCUT2D eigenvalue weighted by atomic mass is 16.5. The Labute approximate surface area is 143 Å². The first-order valence-corrected chi connectivity index (χ1v) is 8.75. The number of guanidine groups is 1. The van der Waals surface area contributed by atoms with E-state index in [0.717, 1.165) is 50.1 Å². The van der Waals surface area contributed by atoms with E-state index in [2.05, 4.69) is 37.7 Å². The highest BCUT2D eigenvalue weighted by Crippen LogP contribution is 2.14. The summed E-state index contributed by atoms with van der Waals surface area (Å²) >= 11 is 0. The fourth-order valence-corrected chi connectivity index (χ4v) is 3.49. The van der Waals surface area contributed by atoms with E-state index in [-0.39, 0.29) is 0 Å². The lowest BCUT2D eigenvalue weighted by molar-refractivity contribution is 0.177. The molecule has 0 radical (unpaired) electrons. The van der Waals surface area contributed by atoms with Crippen molar-refractivity contribution < 1.29 is 4.74 Å². The highest BCUT2D eigenvalue weighted by molar-refractivity contribution is 5.79. The molecule has 1 aromatic rings. The van der Waals surface area contributed by atoms with E-state index in [1.807, 2.05) is 11.7 Å². The van der Waals surface area contributed by atoms with Crippen LogP contribution in [0.15, 0.2) is 4.99 Å². The fraction of sp³-hybridized carbons (Fsp3) is 0.812. The first kappa shape index (κ1) is 17.2. The Bertz CT molecular complexity index is 571. The second-order valence-corrected chi connectivity index (χ2v) is 6.81. The van der Waals surface area contributed by atoms with Crippen molar-refractivity contribution >= 4 is 5.96 Å². The number of aromatic nitrogens is 3. The molecule has 24 heavy (non-hydrogen) atoms. The van der Waals surface area contributed by atoms with E-state index in [9.17, 15) is 0 Å². The molecule has 0 bridgehead atoms. The van der Waals surface area contributed by atoms with Crippen LogP contribution in [-0.2, 0) is 24.3 Å². The van der Waals surface area contributed by atoms with E-state index in [1.165, 1.54) is 13.0 Å². The molecule has 8 heteroatoms. The van der Waals surface area contributed by atoms with E-state index in [4.69, 9.17) is 4.74 Å². The molecule has 2 N–H and O–H groups in total. The van der Waals surface area contributed by atoms with E-state index >= 15 is 0 Å². The van der Waals surface area contributed by atoms with Crippen molar-refractivity contribution in [1.29, 1.82) is 0 Å². The van der Waals surface area contributed by atoms with Gasteiger partial charge in [-0.05, 0) is 32.4 Å². The summed E-state index contributed by atoms with van der Waals surface area (Å²) in [5.74, 6) is 3.41. The van der Waals surface area contributed by atoms with Gasteiger partial charge in [0.15, 0.2) is 11.8 Å². The van der Waals surface area contributed by atoms with Crippen molar-refractivity contribution in [2.24, 2.45) is 10.9 Å². The number of nitrogens with one attached hydrogen (secondary N) is 2. The van der Waals surface area contributed by atoms with Crippen molar-refractivity contribution in [3.63, 3.8) is 0 Å². The maximum Gasteiger partial charge on any atom is 0.191 e. The third kappa shape index (κ3) is 4.24. The summed E-state index contributed by atoms with van der Waals surface area (Å²) in [5, 5.41) is 11.5. The summed E-state index contributed by atoms with van der Waals surface area (Å²) in [4.78, 5) is 11.3. The molecule has 2 atom stereocenters. The molecule has 0 saturated carbocycles. The maximum absolute atomic E-state index is 5.12. The molecule has 2 aliphatic heterocycles. The summed E-state index contributed by atoms with van der Waals surface area (Å²) in [6, 6.07) is 0.326. The van der Waals surface area contributed by atoms with Gasteiger partial charge in [0.2, 0.25) is 0 Å². The molecule has 2 aliphatic rings. The minimum Gasteiger partial charge on any atom is -0.377 e. The molecule has 0 aromatic carbocycles. The molecule has 1 aromatic heterocycles. The first-order valence-electron chi connectivity index (χ1n) is 8.75. The normalized spacial score (nSPS) is 24.9. The average Bonchev–Trinajstić information content (AvgIpc) is 3.16. The lowest BCUT2D eigenvalue weighted by atomic mass is 10.1. The van der Waals surface area contributed by atoms with Gasteiger partial charge in [-0.25, -0.2) is 9.67 Å². The van der Waals surface area contributed by atoms with Crippen molar-refractivity contribution in [1.82, 2.24) is 30.3 Å². The smallest absolute Gasteiger partial charge is 0.191 e. The standard InChI is InChI=1S/C16H29N7O/c1-17-16(18-8-12-6-7-22(2)9-12)19-13-4-5-15-20-14(11-24-3)21-23(15)10-13/h12-13H,4-11H2,1-3H3,(H2,17,18,19). The number of fused-ring (bicyclic) bond motifs is 1. The number of nitrogens with zero attached hydrogens (tertiary/aromatic N) is 5. The van der Waals surface area contributed by atoms with Crippen LogP contribution in [0.1, 0.15) is 24.5 Å². The van der Waals surface area contributed by atoms with Crippen LogP contribution in [0.2, 0.25) is 0 Å². The topological polar surface area (TPSA) is 79.6 Å². The number of likely N-dealkylation sites (tertiary alicyclic amines) is 1. The van der Waals surface area contributed by atoms with Crippen LogP contribution in [0.5, 0.6) is 0 Å². The summed E-state index contributed by atoms with van der Waals surface area (Å²) < 4.78 is 7.11. The van der Waals surface area contributed by atoms with Crippen LogP contribution < -0.4 is 10.6 Å². The third-order valence-electron chi connectivity index (χ3n) is 4.79. The molecule has 3 rings (SSSR count). The van der Waals surface area contributed by atoms with Crippen molar-refractivity contribution in [2.45, 2.75) is 38.5 Å². The second-order valence-electron chi connectivity index (χ2n) is 6.81. The number of aliphatic imine (C=N–C) groups is 1. The van der Waals surface area contributed by atoms with Crippen molar-refractivity contribution in [3.8, 4) is 0 Å². The SMILES string of the molecule is CN=C(NCC1CCN(C)C1)NC1CCc2nc(COC)nn2C1. The molecule has 8 nitrogen and oxygen atoms in total. The average molecular weight is 335 g/mol. The van der Waals surface area contributed by atoms with Gasteiger partial charge in [0.05, 0.1) is 6.54 Å². The second kappa shape index (κ2) is 7.94. The van der Waals surface area contributed by atoms with E-state index < -0.39 is 0 Å². The van der Waals surface area contributed by atoms with Crippen LogP contribution >= 0.6 is 0 Å². The zero-order valence-electron chi connectivity index (χ0n) is 15.0. The van der Waals surface area contributed by atoms with Gasteiger partial charge in [-0.15, -0.1) is 0 Å². The number of ether oxygens (including phenoxy) is 1. The summed E-state index contributed by atoms with van der Waals surface area (Å²) in [7, 11) is 5.68. The highest BCUT2D eigenvalue weighted by Gasteiger charge is 2.23. The quantitative estimate of drug-likeness (QED) is 0.576. The van der Waals surface area contributed by atoms with Gasteiger partial charge in [0.1, 0.15) is 12.4 Å². The number of methoxy groups -OCH3 is 1. The molecule has 2 unspecified atom stereocenters. The van der Waals surface area contributed by atoms with Gasteiger partial charge in [-0.1, -0.05) is 0 Å². The van der Waals surface area contributed by atoms with Crippen molar-refractivity contribution in [2.75, 3.05) is 40.8 Å². The summed E-state index contributed by atoms with van der Waals surface area (Å²) in [6.45, 7) is 4.62. The van der Waals surface area contributed by atoms with E-state index in [0.29, 0.717) is 18.6 Å². The van der Waals surface area contributed by atoms with Gasteiger partial charge in [-0.2, -0.15) is 5.10 Å². The minimum atomic E-state index is 0.326. The van der Waals surface area contributed by atoms with Gasteiger partial charge >= 0.3 is 0 Å². The molecule has 0 spiro atoms. The molecular weight excluding hydrogens is 306 g/mol. The van der Waals surface area contributed by atoms with Gasteiger partial charge in [0.25, 0.3) is 0 Å². The Balaban J connectivity index is 1.49. The number of hydrogen-bond acceptors (Lipinski definition) is 5. The Kier molecular flexibility index (Phi) is 5.68. The Morgan fingerprint density at radius 1 is 1.38 bits per heavy atom. The zero-order valence-corrected chi connectivity index (χ0v) is 15.0. The van der Waals surface area contributed by atoms with Gasteiger partial charge < -0.3 is 20.3 Å². The maximum atomic E-state index is 5.12. The van der Waals surface area contributed by atoms with Gasteiger partial charge in [0, 0.05) is 39.7 Å². The van der Waals surface area contributed by atoms with Crippen LogP contribution in [0, 0.1) is 5.92 Å². The monoisotopic (exact) mass is 335 g/mol. The summed E-state index contributed by atoms with van der Waals surface area (Å²) in [5.41, 5.74) is 0. The van der Waals surface area contributed by atoms with Crippen LogP contribution in [0.4, 0.5) is 0 Å². The lowest BCUT2D eigenvalue weighted by Crippen LogP contribution is -2.48. The van der Waals surface area contributed by atoms with Gasteiger partial charge in [-0.3, -0.25) is 4.99 Å². The predicted molar refractivity (Wildman–Crippen MR) is 92.9 cm³/mol. The minimum absolute atomic E-state index is 0.326. The van der Waals surface area contributed by atoms with Crippen LogP contribution in [0.3, 0.4) is 0 Å². The molecule has 134 valence electrons. The predicted octanol–water partition coefficient (Wildman–Crippen LogP) is -0.144. The van der Waals surface area contributed by atoms with Crippen LogP contribution in [0.25, 0.3) is 0 Å². The fourth-order valence-electron chi connectivity index (χ4n) is 3.49. The zero-order chi connectivity index (χ0) is 16.9. The Morgan fingerprint density at radius 2 is 2.25 bits per heavy atom. The Hall–Kier alpha value is -1.67. The lowest BCUT2D eigenvalue weighted by Gasteiger charge is -2.26. The molecule has 0 amide bonds. The molecule has 3 heterocycles. The third-order valence-corrected chi connectivity index (χ3v) is 4.79. The molecule has 1 saturated heterocycles. The van der Waals surface area contributed by atoms with Crippen molar-refractivity contribution in [3.05, 3.63) is 11.6 Å². The number of rotatable bonds is 5. The number of hydrogen-bond donors (Lipinski definition) is 2.